The van der Waals surface area contributed by atoms with Crippen LogP contribution in [0.25, 0.3) is 0 Å². The molecule has 2 nitrogen and oxygen atoms in total. The summed E-state index contributed by atoms with van der Waals surface area (Å²) in [5.41, 5.74) is 4.26. The maximum absolute atomic E-state index is 12.5. The molecule has 0 N–H and O–H groups in total. The molecule has 1 heterocycles. The number of halogens is 1. The largest absolute Gasteiger partial charge is 0.288 e. The molecule has 0 amide bonds. The van der Waals surface area contributed by atoms with Crippen molar-refractivity contribution in [3.05, 3.63) is 63.4 Å². The van der Waals surface area contributed by atoms with Gasteiger partial charge in [-0.2, -0.15) is 0 Å². The van der Waals surface area contributed by atoms with Crippen LogP contribution in [0.1, 0.15) is 32.6 Å². The monoisotopic (exact) mass is 259 g/mol. The highest BCUT2D eigenvalue weighted by atomic mass is 35.5. The summed E-state index contributed by atoms with van der Waals surface area (Å²) in [7, 11) is 0. The van der Waals surface area contributed by atoms with E-state index in [4.69, 9.17) is 11.6 Å². The first kappa shape index (κ1) is 12.8. The van der Waals surface area contributed by atoms with Crippen molar-refractivity contribution < 1.29 is 4.79 Å². The van der Waals surface area contributed by atoms with Crippen molar-refractivity contribution in [1.82, 2.24) is 4.98 Å². The second-order valence-electron chi connectivity index (χ2n) is 4.44. The van der Waals surface area contributed by atoms with Crippen molar-refractivity contribution in [3.8, 4) is 0 Å². The molecule has 0 aliphatic heterocycles. The van der Waals surface area contributed by atoms with Crippen LogP contribution in [-0.4, -0.2) is 10.8 Å². The van der Waals surface area contributed by atoms with Crippen LogP contribution in [0.15, 0.2) is 30.5 Å². The van der Waals surface area contributed by atoms with Gasteiger partial charge in [-0.1, -0.05) is 29.3 Å². The van der Waals surface area contributed by atoms with Crippen molar-refractivity contribution in [1.29, 1.82) is 0 Å². The molecule has 92 valence electrons. The number of hydrogen-bond donors (Lipinski definition) is 0. The summed E-state index contributed by atoms with van der Waals surface area (Å²) in [4.78, 5) is 16.4. The molecule has 18 heavy (non-hydrogen) atoms. The number of ketones is 1. The molecule has 1 aromatic carbocycles. The first-order valence-corrected chi connectivity index (χ1v) is 6.11. The summed E-state index contributed by atoms with van der Waals surface area (Å²) in [5.74, 6) is -0.0666. The van der Waals surface area contributed by atoms with Gasteiger partial charge in [0.05, 0.1) is 5.56 Å². The topological polar surface area (TPSA) is 30.0 Å². The smallest absolute Gasteiger partial charge is 0.196 e. The Labute approximate surface area is 112 Å². The van der Waals surface area contributed by atoms with Crippen LogP contribution in [0.5, 0.6) is 0 Å². The maximum Gasteiger partial charge on any atom is 0.196 e. The number of hydrogen-bond acceptors (Lipinski definition) is 2. The average Bonchev–Trinajstić information content (AvgIpc) is 2.27. The Bertz CT molecular complexity index is 597. The molecule has 2 rings (SSSR count). The van der Waals surface area contributed by atoms with E-state index in [-0.39, 0.29) is 10.9 Å². The van der Waals surface area contributed by atoms with Crippen LogP contribution in [0.4, 0.5) is 0 Å². The lowest BCUT2D eigenvalue weighted by atomic mass is 9.94. The quantitative estimate of drug-likeness (QED) is 0.605. The van der Waals surface area contributed by atoms with Crippen LogP contribution in [0, 0.1) is 20.8 Å². The van der Waals surface area contributed by atoms with E-state index in [2.05, 4.69) is 4.98 Å². The van der Waals surface area contributed by atoms with Gasteiger partial charge in [-0.25, -0.2) is 4.98 Å². The van der Waals surface area contributed by atoms with Gasteiger partial charge in [0, 0.05) is 11.8 Å². The number of aromatic nitrogens is 1. The first-order chi connectivity index (χ1) is 8.50. The standard InChI is InChI=1S/C15H14ClNO/c1-9-7-10(2)13(11(3)8-9)14(18)12-5-4-6-17-15(12)16/h4-8H,1-3H3. The molecule has 0 fully saturated rings. The number of rotatable bonds is 2. The van der Waals surface area contributed by atoms with Gasteiger partial charge in [0.15, 0.2) is 5.78 Å². The predicted molar refractivity (Wildman–Crippen MR) is 73.3 cm³/mol. The molecule has 0 spiro atoms. The number of benzene rings is 1. The fourth-order valence-electron chi connectivity index (χ4n) is 2.23. The summed E-state index contributed by atoms with van der Waals surface area (Å²) in [6.07, 6.45) is 1.58. The van der Waals surface area contributed by atoms with E-state index >= 15 is 0 Å². The van der Waals surface area contributed by atoms with E-state index in [9.17, 15) is 4.79 Å². The molecular weight excluding hydrogens is 246 g/mol. The second-order valence-corrected chi connectivity index (χ2v) is 4.80. The number of carbonyl (C=O) groups is 1. The minimum absolute atomic E-state index is 0.0666. The van der Waals surface area contributed by atoms with Crippen LogP contribution in [0.2, 0.25) is 5.15 Å². The van der Waals surface area contributed by atoms with Crippen molar-refractivity contribution in [2.75, 3.05) is 0 Å². The van der Waals surface area contributed by atoms with Crippen molar-refractivity contribution in [2.45, 2.75) is 20.8 Å². The lowest BCUT2D eigenvalue weighted by Crippen LogP contribution is -2.08. The van der Waals surface area contributed by atoms with Gasteiger partial charge >= 0.3 is 0 Å². The molecule has 0 radical (unpaired) electrons. The van der Waals surface area contributed by atoms with E-state index in [1.54, 1.807) is 18.3 Å². The highest BCUT2D eigenvalue weighted by Gasteiger charge is 2.17. The first-order valence-electron chi connectivity index (χ1n) is 5.73. The molecule has 1 aromatic heterocycles. The van der Waals surface area contributed by atoms with Crippen LogP contribution in [0.3, 0.4) is 0 Å². The molecule has 0 saturated carbocycles. The van der Waals surface area contributed by atoms with Crippen molar-refractivity contribution in [2.24, 2.45) is 0 Å². The molecular formula is C15H14ClNO. The Hall–Kier alpha value is -1.67. The fourth-order valence-corrected chi connectivity index (χ4v) is 2.43. The highest BCUT2D eigenvalue weighted by molar-refractivity contribution is 6.34. The lowest BCUT2D eigenvalue weighted by Gasteiger charge is -2.10. The molecule has 0 bridgehead atoms. The number of aryl methyl sites for hydroxylation is 3. The van der Waals surface area contributed by atoms with Gasteiger partial charge < -0.3 is 0 Å². The summed E-state index contributed by atoms with van der Waals surface area (Å²) >= 11 is 5.97. The van der Waals surface area contributed by atoms with Crippen molar-refractivity contribution in [3.63, 3.8) is 0 Å². The third-order valence-corrected chi connectivity index (χ3v) is 3.21. The zero-order valence-electron chi connectivity index (χ0n) is 10.6. The van der Waals surface area contributed by atoms with Crippen LogP contribution in [-0.2, 0) is 0 Å². The molecule has 0 aliphatic rings. The summed E-state index contributed by atoms with van der Waals surface area (Å²) in [6, 6.07) is 7.43. The third-order valence-electron chi connectivity index (χ3n) is 2.91. The third kappa shape index (κ3) is 2.29. The minimum atomic E-state index is -0.0666. The summed E-state index contributed by atoms with van der Waals surface area (Å²) in [5, 5.41) is 0.252. The van der Waals surface area contributed by atoms with Crippen LogP contribution >= 0.6 is 11.6 Å². The van der Waals surface area contributed by atoms with Gasteiger partial charge in [0.2, 0.25) is 0 Å². The van der Waals surface area contributed by atoms with E-state index in [1.165, 1.54) is 0 Å². The molecule has 0 saturated heterocycles. The molecule has 2 aromatic rings. The van der Waals surface area contributed by atoms with Gasteiger partial charge in [-0.3, -0.25) is 4.79 Å². The zero-order chi connectivity index (χ0) is 13.3. The SMILES string of the molecule is Cc1cc(C)c(C(=O)c2cccnc2Cl)c(C)c1. The number of nitrogens with zero attached hydrogens (tertiary/aromatic N) is 1. The molecule has 3 heteroatoms. The van der Waals surface area contributed by atoms with E-state index in [0.717, 1.165) is 22.3 Å². The summed E-state index contributed by atoms with van der Waals surface area (Å²) < 4.78 is 0. The molecule has 0 atom stereocenters. The van der Waals surface area contributed by atoms with Gasteiger partial charge in [-0.15, -0.1) is 0 Å². The molecule has 0 unspecified atom stereocenters. The highest BCUT2D eigenvalue weighted by Crippen LogP contribution is 2.23. The fraction of sp³-hybridized carbons (Fsp3) is 0.200. The Kier molecular flexibility index (Phi) is 3.48. The van der Waals surface area contributed by atoms with Gasteiger partial charge in [0.1, 0.15) is 5.15 Å². The minimum Gasteiger partial charge on any atom is -0.288 e. The average molecular weight is 260 g/mol. The Morgan fingerprint density at radius 2 is 1.78 bits per heavy atom. The molecule has 0 aliphatic carbocycles. The van der Waals surface area contributed by atoms with Gasteiger partial charge in [-0.05, 0) is 44.0 Å². The second kappa shape index (κ2) is 4.91. The zero-order valence-corrected chi connectivity index (χ0v) is 11.4. The lowest BCUT2D eigenvalue weighted by molar-refractivity contribution is 0.103. The Morgan fingerprint density at radius 1 is 1.17 bits per heavy atom. The van der Waals surface area contributed by atoms with E-state index < -0.39 is 0 Å². The normalized spacial score (nSPS) is 10.4. The predicted octanol–water partition coefficient (Wildman–Crippen LogP) is 3.89. The van der Waals surface area contributed by atoms with Gasteiger partial charge in [0.25, 0.3) is 0 Å². The maximum atomic E-state index is 12.5. The Balaban J connectivity index is 2.57. The van der Waals surface area contributed by atoms with Crippen molar-refractivity contribution >= 4 is 17.4 Å². The van der Waals surface area contributed by atoms with E-state index in [0.29, 0.717) is 5.56 Å². The number of pyridine rings is 1. The van der Waals surface area contributed by atoms with E-state index in [1.807, 2.05) is 32.9 Å². The summed E-state index contributed by atoms with van der Waals surface area (Å²) in [6.45, 7) is 5.90. The number of carbonyl (C=O) groups excluding carboxylic acids is 1. The Morgan fingerprint density at radius 3 is 2.33 bits per heavy atom. The van der Waals surface area contributed by atoms with Crippen LogP contribution < -0.4 is 0 Å².